The minimum absolute atomic E-state index is 0.141. The molecule has 88 valence electrons. The van der Waals surface area contributed by atoms with Crippen molar-refractivity contribution in [1.29, 1.82) is 0 Å². The van der Waals surface area contributed by atoms with Crippen LogP contribution in [-0.2, 0) is 4.79 Å². The molecule has 1 fully saturated rings. The molecule has 1 aliphatic carbocycles. The van der Waals surface area contributed by atoms with Gasteiger partial charge in [0.25, 0.3) is 0 Å². The lowest BCUT2D eigenvalue weighted by molar-refractivity contribution is -0.141. The highest BCUT2D eigenvalue weighted by atomic mass is 16.4. The summed E-state index contributed by atoms with van der Waals surface area (Å²) in [5.41, 5.74) is 5.71. The summed E-state index contributed by atoms with van der Waals surface area (Å²) in [5.74, 6) is 0.313. The minimum atomic E-state index is -0.701. The van der Waals surface area contributed by atoms with Crippen molar-refractivity contribution in [3.63, 3.8) is 0 Å². The molecule has 1 rings (SSSR count). The molecule has 1 aliphatic rings. The zero-order valence-corrected chi connectivity index (χ0v) is 9.83. The maximum atomic E-state index is 10.9. The van der Waals surface area contributed by atoms with E-state index >= 15 is 0 Å². The van der Waals surface area contributed by atoms with E-state index in [0.717, 1.165) is 19.3 Å². The lowest BCUT2D eigenvalue weighted by Crippen LogP contribution is -2.44. The normalized spacial score (nSPS) is 31.9. The first-order chi connectivity index (χ1) is 7.02. The van der Waals surface area contributed by atoms with Gasteiger partial charge in [0.1, 0.15) is 0 Å². The molecule has 3 N–H and O–H groups in total. The summed E-state index contributed by atoms with van der Waals surface area (Å²) in [5, 5.41) is 9.01. The molecule has 0 heterocycles. The molecule has 0 radical (unpaired) electrons. The molecule has 2 atom stereocenters. The maximum Gasteiger partial charge on any atom is 0.303 e. The summed E-state index contributed by atoms with van der Waals surface area (Å²) < 4.78 is 0. The second-order valence-electron chi connectivity index (χ2n) is 5.23. The van der Waals surface area contributed by atoms with E-state index < -0.39 is 5.97 Å². The standard InChI is InChI=1S/C12H23NO2/c1-9(2)10-5-3-4-6-12(10,8-13)7-11(14)15/h9-10H,3-8,13H2,1-2H3,(H,14,15). The van der Waals surface area contributed by atoms with E-state index in [2.05, 4.69) is 13.8 Å². The SMILES string of the molecule is CC(C)C1CCCCC1(CN)CC(=O)O. The van der Waals surface area contributed by atoms with E-state index in [0.29, 0.717) is 18.4 Å². The number of carboxylic acid groups (broad SMARTS) is 1. The molecule has 1 saturated carbocycles. The predicted octanol–water partition coefficient (Wildman–Crippen LogP) is 2.25. The van der Waals surface area contributed by atoms with Gasteiger partial charge in [0.05, 0.1) is 6.42 Å². The number of rotatable bonds is 4. The Bertz CT molecular complexity index is 228. The van der Waals surface area contributed by atoms with Crippen LogP contribution in [0.25, 0.3) is 0 Å². The van der Waals surface area contributed by atoms with Crippen molar-refractivity contribution < 1.29 is 9.90 Å². The van der Waals surface area contributed by atoms with Gasteiger partial charge < -0.3 is 10.8 Å². The highest BCUT2D eigenvalue weighted by Crippen LogP contribution is 2.46. The number of carboxylic acids is 1. The van der Waals surface area contributed by atoms with Crippen LogP contribution in [0.5, 0.6) is 0 Å². The predicted molar refractivity (Wildman–Crippen MR) is 60.5 cm³/mol. The topological polar surface area (TPSA) is 63.3 Å². The van der Waals surface area contributed by atoms with Crippen molar-refractivity contribution >= 4 is 5.97 Å². The van der Waals surface area contributed by atoms with Gasteiger partial charge in [-0.25, -0.2) is 0 Å². The Morgan fingerprint density at radius 1 is 1.53 bits per heavy atom. The summed E-state index contributed by atoms with van der Waals surface area (Å²) >= 11 is 0. The van der Waals surface area contributed by atoms with Crippen LogP contribution in [0.1, 0.15) is 46.0 Å². The van der Waals surface area contributed by atoms with Crippen LogP contribution >= 0.6 is 0 Å². The van der Waals surface area contributed by atoms with Crippen molar-refractivity contribution in [2.75, 3.05) is 6.54 Å². The average Bonchev–Trinajstić information content (AvgIpc) is 2.17. The molecule has 3 nitrogen and oxygen atoms in total. The van der Waals surface area contributed by atoms with Crippen LogP contribution in [0.2, 0.25) is 0 Å². The van der Waals surface area contributed by atoms with Crippen molar-refractivity contribution in [2.45, 2.75) is 46.0 Å². The third-order valence-corrected chi connectivity index (χ3v) is 3.94. The molecule has 0 aromatic carbocycles. The Morgan fingerprint density at radius 2 is 2.20 bits per heavy atom. The van der Waals surface area contributed by atoms with Gasteiger partial charge in [-0.3, -0.25) is 4.79 Å². The Labute approximate surface area is 92.0 Å². The molecule has 3 heteroatoms. The molecule has 0 aromatic rings. The van der Waals surface area contributed by atoms with Crippen molar-refractivity contribution in [3.05, 3.63) is 0 Å². The van der Waals surface area contributed by atoms with Gasteiger partial charge in [-0.2, -0.15) is 0 Å². The van der Waals surface area contributed by atoms with Crippen LogP contribution in [0, 0.1) is 17.3 Å². The highest BCUT2D eigenvalue weighted by Gasteiger charge is 2.42. The first kappa shape index (κ1) is 12.5. The van der Waals surface area contributed by atoms with E-state index in [4.69, 9.17) is 10.8 Å². The quantitative estimate of drug-likeness (QED) is 0.753. The number of hydrogen-bond donors (Lipinski definition) is 2. The van der Waals surface area contributed by atoms with Gasteiger partial charge in [0.2, 0.25) is 0 Å². The molecule has 0 bridgehead atoms. The number of carbonyl (C=O) groups is 1. The maximum absolute atomic E-state index is 10.9. The molecule has 0 saturated heterocycles. The van der Waals surface area contributed by atoms with E-state index in [1.165, 1.54) is 6.42 Å². The lowest BCUT2D eigenvalue weighted by atomic mass is 9.61. The molecule has 15 heavy (non-hydrogen) atoms. The van der Waals surface area contributed by atoms with Crippen LogP contribution in [0.3, 0.4) is 0 Å². The largest absolute Gasteiger partial charge is 0.481 e. The van der Waals surface area contributed by atoms with Crippen molar-refractivity contribution in [3.8, 4) is 0 Å². The lowest BCUT2D eigenvalue weighted by Gasteiger charge is -2.45. The van der Waals surface area contributed by atoms with E-state index in [1.807, 2.05) is 0 Å². The molecule has 2 unspecified atom stereocenters. The zero-order valence-electron chi connectivity index (χ0n) is 9.83. The molecule has 0 amide bonds. The van der Waals surface area contributed by atoms with E-state index in [1.54, 1.807) is 0 Å². The summed E-state index contributed by atoms with van der Waals surface area (Å²) in [4.78, 5) is 10.9. The summed E-state index contributed by atoms with van der Waals surface area (Å²) in [6.07, 6.45) is 4.73. The Balaban J connectivity index is 2.84. The second-order valence-corrected chi connectivity index (χ2v) is 5.23. The van der Waals surface area contributed by atoms with Crippen LogP contribution in [-0.4, -0.2) is 17.6 Å². The zero-order chi connectivity index (χ0) is 11.5. The number of nitrogens with two attached hydrogens (primary N) is 1. The minimum Gasteiger partial charge on any atom is -0.481 e. The molecule has 0 aromatic heterocycles. The van der Waals surface area contributed by atoms with Gasteiger partial charge in [0, 0.05) is 0 Å². The van der Waals surface area contributed by atoms with Crippen LogP contribution < -0.4 is 5.73 Å². The molecular formula is C12H23NO2. The first-order valence-corrected chi connectivity index (χ1v) is 5.94. The Morgan fingerprint density at radius 3 is 2.67 bits per heavy atom. The fourth-order valence-corrected chi connectivity index (χ4v) is 3.22. The number of hydrogen-bond acceptors (Lipinski definition) is 2. The van der Waals surface area contributed by atoms with Gasteiger partial charge >= 0.3 is 5.97 Å². The third-order valence-electron chi connectivity index (χ3n) is 3.94. The van der Waals surface area contributed by atoms with Crippen LogP contribution in [0.15, 0.2) is 0 Å². The Kier molecular flexibility index (Phi) is 4.14. The van der Waals surface area contributed by atoms with Crippen molar-refractivity contribution in [1.82, 2.24) is 0 Å². The summed E-state index contributed by atoms with van der Waals surface area (Å²) in [6, 6.07) is 0. The fraction of sp³-hybridized carbons (Fsp3) is 0.917. The third kappa shape index (κ3) is 2.71. The molecule has 0 aliphatic heterocycles. The first-order valence-electron chi connectivity index (χ1n) is 5.94. The number of aliphatic carboxylic acids is 1. The second kappa shape index (κ2) is 4.97. The van der Waals surface area contributed by atoms with E-state index in [9.17, 15) is 4.79 Å². The average molecular weight is 213 g/mol. The Hall–Kier alpha value is -0.570. The van der Waals surface area contributed by atoms with Gasteiger partial charge in [-0.1, -0.05) is 26.7 Å². The fourth-order valence-electron chi connectivity index (χ4n) is 3.22. The highest BCUT2D eigenvalue weighted by molar-refractivity contribution is 5.67. The van der Waals surface area contributed by atoms with Crippen molar-refractivity contribution in [2.24, 2.45) is 23.0 Å². The van der Waals surface area contributed by atoms with E-state index in [-0.39, 0.29) is 11.8 Å². The van der Waals surface area contributed by atoms with Gasteiger partial charge in [-0.05, 0) is 36.6 Å². The molecule has 0 spiro atoms. The summed E-state index contributed by atoms with van der Waals surface area (Å²) in [6.45, 7) is 4.88. The molecular weight excluding hydrogens is 190 g/mol. The summed E-state index contributed by atoms with van der Waals surface area (Å²) in [7, 11) is 0. The van der Waals surface area contributed by atoms with Gasteiger partial charge in [0.15, 0.2) is 0 Å². The van der Waals surface area contributed by atoms with Crippen LogP contribution in [0.4, 0.5) is 0 Å². The van der Waals surface area contributed by atoms with Gasteiger partial charge in [-0.15, -0.1) is 0 Å². The monoisotopic (exact) mass is 213 g/mol. The smallest absolute Gasteiger partial charge is 0.303 e.